The molecule has 6 aromatic rings. The average molecular weight is 564 g/mol. The van der Waals surface area contributed by atoms with Crippen molar-refractivity contribution in [2.24, 2.45) is 0 Å². The number of pyridine rings is 3. The highest BCUT2D eigenvalue weighted by molar-refractivity contribution is 6.04. The number of imidazole rings is 1. The Hall–Kier alpha value is -6.04. The van der Waals surface area contributed by atoms with Crippen molar-refractivity contribution in [2.45, 2.75) is 0 Å². The van der Waals surface area contributed by atoms with Crippen molar-refractivity contribution in [3.63, 3.8) is 0 Å². The molecule has 0 radical (unpaired) electrons. The van der Waals surface area contributed by atoms with Crippen molar-refractivity contribution >= 4 is 34.7 Å². The van der Waals surface area contributed by atoms with Crippen LogP contribution in [0.3, 0.4) is 0 Å². The molecule has 0 aliphatic heterocycles. The van der Waals surface area contributed by atoms with Gasteiger partial charge in [0.05, 0.1) is 34.3 Å². The average Bonchev–Trinajstić information content (AvgIpc) is 3.37. The first-order valence-electron chi connectivity index (χ1n) is 12.5. The van der Waals surface area contributed by atoms with Crippen LogP contribution in [0.25, 0.3) is 39.5 Å². The first kappa shape index (κ1) is 26.2. The van der Waals surface area contributed by atoms with Gasteiger partial charge in [-0.2, -0.15) is 0 Å². The van der Waals surface area contributed by atoms with Crippen molar-refractivity contribution in [3.8, 4) is 28.3 Å². The second-order valence-electron chi connectivity index (χ2n) is 9.09. The van der Waals surface area contributed by atoms with Crippen LogP contribution < -0.4 is 11.1 Å². The molecular weight excluding hydrogens is 544 g/mol. The van der Waals surface area contributed by atoms with E-state index in [2.05, 4.69) is 15.3 Å². The van der Waals surface area contributed by atoms with Gasteiger partial charge in [0.25, 0.3) is 5.91 Å². The zero-order chi connectivity index (χ0) is 29.4. The van der Waals surface area contributed by atoms with Gasteiger partial charge < -0.3 is 16.2 Å². The number of benzene rings is 2. The van der Waals surface area contributed by atoms with Gasteiger partial charge >= 0.3 is 5.97 Å². The third-order valence-corrected chi connectivity index (χ3v) is 6.43. The highest BCUT2D eigenvalue weighted by atomic mass is 19.1. The molecule has 0 saturated heterocycles. The summed E-state index contributed by atoms with van der Waals surface area (Å²) in [5.41, 5.74) is 8.46. The van der Waals surface area contributed by atoms with Gasteiger partial charge in [0, 0.05) is 11.8 Å². The van der Waals surface area contributed by atoms with Crippen LogP contribution in [-0.4, -0.2) is 41.5 Å². The van der Waals surface area contributed by atoms with E-state index in [1.807, 2.05) is 42.5 Å². The lowest BCUT2D eigenvalue weighted by molar-refractivity contribution is 0.0690. The number of aromatic carboxylic acids is 1. The number of carbonyl (C=O) groups excluding carboxylic acids is 1. The number of anilines is 2. The zero-order valence-electron chi connectivity index (χ0n) is 21.5. The largest absolute Gasteiger partial charge is 0.478 e. The van der Waals surface area contributed by atoms with Gasteiger partial charge in [0.1, 0.15) is 28.8 Å². The number of nitrogen functional groups attached to an aromatic ring is 1. The van der Waals surface area contributed by atoms with Crippen molar-refractivity contribution in [2.75, 3.05) is 11.1 Å². The van der Waals surface area contributed by atoms with E-state index < -0.39 is 34.6 Å². The summed E-state index contributed by atoms with van der Waals surface area (Å²) >= 11 is 0. The quantitative estimate of drug-likeness (QED) is 0.245. The Bertz CT molecular complexity index is 2000. The molecule has 4 heterocycles. The van der Waals surface area contributed by atoms with E-state index in [0.717, 1.165) is 11.3 Å². The molecule has 0 aliphatic rings. The maximum atomic E-state index is 14.4. The normalized spacial score (nSPS) is 11.0. The molecule has 4 aromatic heterocycles. The molecule has 0 bridgehead atoms. The van der Waals surface area contributed by atoms with E-state index in [4.69, 9.17) is 20.8 Å². The molecule has 4 N–H and O–H groups in total. The summed E-state index contributed by atoms with van der Waals surface area (Å²) in [4.78, 5) is 41.8. The third kappa shape index (κ3) is 4.77. The molecule has 1 amide bonds. The van der Waals surface area contributed by atoms with E-state index in [1.165, 1.54) is 12.3 Å². The lowest BCUT2D eigenvalue weighted by atomic mass is 10.1. The van der Waals surface area contributed by atoms with Crippen LogP contribution in [0.4, 0.5) is 20.4 Å². The van der Waals surface area contributed by atoms with E-state index in [0.29, 0.717) is 40.4 Å². The molecule has 206 valence electrons. The fourth-order valence-electron chi connectivity index (χ4n) is 4.42. The Labute approximate surface area is 236 Å². The number of nitrogens with zero attached hydrogens (tertiary/aromatic N) is 5. The molecule has 10 nitrogen and oxygen atoms in total. The number of amides is 1. The Morgan fingerprint density at radius 2 is 1.62 bits per heavy atom. The molecule has 0 unspecified atom stereocenters. The van der Waals surface area contributed by atoms with E-state index >= 15 is 0 Å². The molecule has 6 rings (SSSR count). The zero-order valence-corrected chi connectivity index (χ0v) is 21.5. The smallest absolute Gasteiger partial charge is 0.338 e. The van der Waals surface area contributed by atoms with Crippen molar-refractivity contribution in [1.82, 2.24) is 24.5 Å². The topological polar surface area (TPSA) is 149 Å². The predicted molar refractivity (Wildman–Crippen MR) is 151 cm³/mol. The van der Waals surface area contributed by atoms with E-state index in [1.54, 1.807) is 29.0 Å². The van der Waals surface area contributed by atoms with Crippen LogP contribution in [0, 0.1) is 11.6 Å². The van der Waals surface area contributed by atoms with E-state index in [9.17, 15) is 18.4 Å². The Balaban J connectivity index is 1.40. The number of carboxylic acids is 1. The van der Waals surface area contributed by atoms with Gasteiger partial charge in [-0.25, -0.2) is 33.5 Å². The summed E-state index contributed by atoms with van der Waals surface area (Å²) in [6.07, 6.45) is 3.02. The standard InChI is InChI=1S/C30H19F2N7O3/c31-21-14-20(30(41)42)22(32)13-19(21)29(40)38-25-11-8-17(15-35-25)39-27(18-7-4-12-34-26(18)33)37-24-10-9-23(36-28(24)39)16-5-2-1-3-6-16/h1-15H,(H2,33,34)(H,41,42)(H,35,38,40). The lowest BCUT2D eigenvalue weighted by Crippen LogP contribution is -2.16. The van der Waals surface area contributed by atoms with Crippen LogP contribution >= 0.6 is 0 Å². The number of halogens is 2. The van der Waals surface area contributed by atoms with Crippen molar-refractivity contribution in [1.29, 1.82) is 0 Å². The number of fused-ring (bicyclic) bond motifs is 1. The second kappa shape index (κ2) is 10.5. The van der Waals surface area contributed by atoms with Gasteiger partial charge in [0.2, 0.25) is 0 Å². The second-order valence-corrected chi connectivity index (χ2v) is 9.09. The fourth-order valence-corrected chi connectivity index (χ4v) is 4.42. The molecular formula is C30H19F2N7O3. The number of nitrogens with one attached hydrogen (secondary N) is 1. The fraction of sp³-hybridized carbons (Fsp3) is 0. The minimum Gasteiger partial charge on any atom is -0.478 e. The summed E-state index contributed by atoms with van der Waals surface area (Å²) in [5.74, 6) is -4.33. The number of carbonyl (C=O) groups is 2. The summed E-state index contributed by atoms with van der Waals surface area (Å²) in [6.45, 7) is 0. The van der Waals surface area contributed by atoms with Gasteiger partial charge in [0.15, 0.2) is 11.5 Å². The first-order valence-corrected chi connectivity index (χ1v) is 12.5. The molecule has 0 atom stereocenters. The number of hydrogen-bond acceptors (Lipinski definition) is 7. The van der Waals surface area contributed by atoms with Crippen LogP contribution in [0.5, 0.6) is 0 Å². The molecule has 0 spiro atoms. The van der Waals surface area contributed by atoms with Gasteiger partial charge in [-0.3, -0.25) is 9.36 Å². The highest BCUT2D eigenvalue weighted by Crippen LogP contribution is 2.31. The van der Waals surface area contributed by atoms with Crippen molar-refractivity contribution in [3.05, 3.63) is 114 Å². The molecule has 0 aliphatic carbocycles. The van der Waals surface area contributed by atoms with Crippen molar-refractivity contribution < 1.29 is 23.5 Å². The number of nitrogens with two attached hydrogens (primary N) is 1. The van der Waals surface area contributed by atoms with Crippen LogP contribution in [-0.2, 0) is 0 Å². The summed E-state index contributed by atoms with van der Waals surface area (Å²) in [7, 11) is 0. The van der Waals surface area contributed by atoms with E-state index in [-0.39, 0.29) is 11.6 Å². The predicted octanol–water partition coefficient (Wildman–Crippen LogP) is 5.36. The van der Waals surface area contributed by atoms with Crippen LogP contribution in [0.2, 0.25) is 0 Å². The van der Waals surface area contributed by atoms with Gasteiger partial charge in [-0.15, -0.1) is 0 Å². The maximum absolute atomic E-state index is 14.4. The summed E-state index contributed by atoms with van der Waals surface area (Å²) in [6, 6.07) is 21.0. The summed E-state index contributed by atoms with van der Waals surface area (Å²) < 4.78 is 30.2. The summed E-state index contributed by atoms with van der Waals surface area (Å²) in [5, 5.41) is 11.4. The lowest BCUT2D eigenvalue weighted by Gasteiger charge is -2.12. The van der Waals surface area contributed by atoms with Crippen LogP contribution in [0.1, 0.15) is 20.7 Å². The third-order valence-electron chi connectivity index (χ3n) is 6.43. The number of hydrogen-bond donors (Lipinski definition) is 3. The first-order chi connectivity index (χ1) is 20.3. The van der Waals surface area contributed by atoms with Gasteiger partial charge in [-0.05, 0) is 48.5 Å². The Kier molecular flexibility index (Phi) is 6.55. The SMILES string of the molecule is Nc1ncccc1-c1nc2ccc(-c3ccccc3)nc2n1-c1ccc(NC(=O)c2cc(F)c(C(=O)O)cc2F)nc1. The number of rotatable bonds is 6. The minimum absolute atomic E-state index is 0.0377. The van der Waals surface area contributed by atoms with Crippen LogP contribution in [0.15, 0.2) is 91.3 Å². The Morgan fingerprint density at radius 1 is 0.857 bits per heavy atom. The minimum atomic E-state index is -1.65. The van der Waals surface area contributed by atoms with Gasteiger partial charge in [-0.1, -0.05) is 30.3 Å². The Morgan fingerprint density at radius 3 is 2.33 bits per heavy atom. The molecule has 0 saturated carbocycles. The highest BCUT2D eigenvalue weighted by Gasteiger charge is 2.21. The number of carboxylic acid groups (broad SMARTS) is 1. The molecule has 0 fully saturated rings. The monoisotopic (exact) mass is 563 g/mol. The number of aromatic nitrogens is 5. The molecule has 42 heavy (non-hydrogen) atoms. The maximum Gasteiger partial charge on any atom is 0.338 e. The molecule has 12 heteroatoms. The molecule has 2 aromatic carbocycles.